The van der Waals surface area contributed by atoms with Crippen LogP contribution in [0.5, 0.6) is 17.2 Å². The van der Waals surface area contributed by atoms with Crippen molar-refractivity contribution < 1.29 is 24.2 Å². The van der Waals surface area contributed by atoms with Crippen LogP contribution in [0.25, 0.3) is 0 Å². The summed E-state index contributed by atoms with van der Waals surface area (Å²) in [5, 5.41) is 16.0. The largest absolute Gasteiger partial charge is 0.492 e. The van der Waals surface area contributed by atoms with Crippen LogP contribution >= 0.6 is 0 Å². The number of carbonyl (C=O) groups excluding carboxylic acids is 2. The zero-order valence-electron chi connectivity index (χ0n) is 20.9. The fourth-order valence-electron chi connectivity index (χ4n) is 4.64. The Balaban J connectivity index is 1.37. The lowest BCUT2D eigenvalue weighted by Gasteiger charge is -2.26. The number of nitrogens with zero attached hydrogens (tertiary/aromatic N) is 2. The molecular weight excluding hydrogens is 472 g/mol. The Morgan fingerprint density at radius 1 is 1.14 bits per heavy atom. The third-order valence-corrected chi connectivity index (χ3v) is 6.69. The Morgan fingerprint density at radius 2 is 1.92 bits per heavy atom. The molecule has 9 nitrogen and oxygen atoms in total. The van der Waals surface area contributed by atoms with Crippen LogP contribution in [-0.2, 0) is 0 Å². The Bertz CT molecular complexity index is 1320. The van der Waals surface area contributed by atoms with E-state index in [0.29, 0.717) is 65.0 Å². The number of aliphatic hydroxyl groups excluding tert-OH is 1. The van der Waals surface area contributed by atoms with Gasteiger partial charge in [0.25, 0.3) is 11.8 Å². The molecule has 2 amide bonds. The lowest BCUT2D eigenvalue weighted by atomic mass is 9.93. The lowest BCUT2D eigenvalue weighted by Crippen LogP contribution is -2.38. The van der Waals surface area contributed by atoms with Crippen LogP contribution in [-0.4, -0.2) is 47.7 Å². The highest BCUT2D eigenvalue weighted by molar-refractivity contribution is 6.09. The van der Waals surface area contributed by atoms with E-state index in [9.17, 15) is 14.7 Å². The van der Waals surface area contributed by atoms with E-state index in [1.165, 1.54) is 4.90 Å². The summed E-state index contributed by atoms with van der Waals surface area (Å²) in [4.78, 5) is 31.7. The number of anilines is 3. The first kappa shape index (κ1) is 24.6. The molecule has 2 aliphatic rings. The quantitative estimate of drug-likeness (QED) is 0.450. The number of rotatable bonds is 6. The van der Waals surface area contributed by atoms with Gasteiger partial charge in [-0.2, -0.15) is 0 Å². The number of ether oxygens (including phenoxy) is 2. The number of aliphatic hydroxyl groups is 1. The van der Waals surface area contributed by atoms with Gasteiger partial charge in [0.1, 0.15) is 23.0 Å². The monoisotopic (exact) mass is 502 g/mol. The Hall–Kier alpha value is -4.11. The standard InChI is InChI=1S/C28H30N4O5/c1-3-36-24-14-17(27(34)30-18-9-11-19(33)12-10-18)8-13-21(24)31-26-15-25-22(16-29-26)32(2)28(35)20-6-4-5-7-23(20)37-25/h4-8,13-16,18-19,33H,3,9-12H2,1-2H3,(H,29,31)(H,30,34). The average molecular weight is 503 g/mol. The zero-order valence-corrected chi connectivity index (χ0v) is 20.9. The van der Waals surface area contributed by atoms with Crippen molar-refractivity contribution >= 4 is 29.0 Å². The second kappa shape index (κ2) is 10.5. The minimum absolute atomic E-state index is 0.0585. The van der Waals surface area contributed by atoms with Crippen LogP contribution in [0.4, 0.5) is 17.2 Å². The van der Waals surface area contributed by atoms with Gasteiger partial charge in [0, 0.05) is 24.7 Å². The zero-order chi connectivity index (χ0) is 25.9. The normalized spacial score (nSPS) is 18.7. The van der Waals surface area contributed by atoms with Crippen molar-refractivity contribution in [3.63, 3.8) is 0 Å². The van der Waals surface area contributed by atoms with Gasteiger partial charge >= 0.3 is 0 Å². The van der Waals surface area contributed by atoms with Crippen LogP contribution in [0.15, 0.2) is 54.7 Å². The number of pyridine rings is 1. The van der Waals surface area contributed by atoms with Crippen LogP contribution in [0, 0.1) is 0 Å². The van der Waals surface area contributed by atoms with Gasteiger partial charge in [-0.3, -0.25) is 9.59 Å². The highest BCUT2D eigenvalue weighted by atomic mass is 16.5. The van der Waals surface area contributed by atoms with Gasteiger partial charge in [0.2, 0.25) is 0 Å². The van der Waals surface area contributed by atoms with Crippen LogP contribution in [0.2, 0.25) is 0 Å². The summed E-state index contributed by atoms with van der Waals surface area (Å²) in [6, 6.07) is 14.1. The Kier molecular flexibility index (Phi) is 6.96. The van der Waals surface area contributed by atoms with Gasteiger partial charge in [0.05, 0.1) is 30.2 Å². The van der Waals surface area contributed by atoms with Crippen molar-refractivity contribution in [2.45, 2.75) is 44.8 Å². The van der Waals surface area contributed by atoms with E-state index in [1.54, 1.807) is 55.7 Å². The van der Waals surface area contributed by atoms with E-state index in [4.69, 9.17) is 9.47 Å². The molecule has 1 aliphatic carbocycles. The first-order valence-corrected chi connectivity index (χ1v) is 12.5. The molecule has 1 aromatic heterocycles. The Labute approximate surface area is 215 Å². The van der Waals surface area contributed by atoms with Crippen molar-refractivity contribution in [3.8, 4) is 17.2 Å². The highest BCUT2D eigenvalue weighted by Gasteiger charge is 2.26. The maximum Gasteiger partial charge on any atom is 0.261 e. The first-order chi connectivity index (χ1) is 17.9. The second-order valence-electron chi connectivity index (χ2n) is 9.25. The predicted molar refractivity (Wildman–Crippen MR) is 140 cm³/mol. The molecule has 3 aromatic rings. The average Bonchev–Trinajstić information content (AvgIpc) is 3.00. The molecule has 5 rings (SSSR count). The number of nitrogens with one attached hydrogen (secondary N) is 2. The van der Waals surface area contributed by atoms with E-state index >= 15 is 0 Å². The number of para-hydroxylation sites is 1. The number of fused-ring (bicyclic) bond motifs is 2. The molecule has 3 N–H and O–H groups in total. The topological polar surface area (TPSA) is 113 Å². The summed E-state index contributed by atoms with van der Waals surface area (Å²) in [6.45, 7) is 2.30. The number of aromatic nitrogens is 1. The summed E-state index contributed by atoms with van der Waals surface area (Å²) in [5.41, 5.74) is 2.17. The summed E-state index contributed by atoms with van der Waals surface area (Å²) in [6.07, 6.45) is 4.25. The fraction of sp³-hybridized carbons (Fsp3) is 0.321. The molecule has 1 aliphatic heterocycles. The molecule has 0 bridgehead atoms. The third-order valence-electron chi connectivity index (χ3n) is 6.69. The molecule has 2 aromatic carbocycles. The van der Waals surface area contributed by atoms with Gasteiger partial charge in [-0.25, -0.2) is 4.98 Å². The molecule has 0 radical (unpaired) electrons. The van der Waals surface area contributed by atoms with Gasteiger partial charge in [-0.05, 0) is 62.9 Å². The molecule has 0 saturated heterocycles. The number of benzene rings is 2. The molecular formula is C28H30N4O5. The molecule has 1 saturated carbocycles. The summed E-state index contributed by atoms with van der Waals surface area (Å²) in [7, 11) is 1.69. The predicted octanol–water partition coefficient (Wildman–Crippen LogP) is 4.64. The second-order valence-corrected chi connectivity index (χ2v) is 9.25. The molecule has 0 unspecified atom stereocenters. The van der Waals surface area contributed by atoms with Crippen molar-refractivity contribution in [1.82, 2.24) is 10.3 Å². The molecule has 2 heterocycles. The van der Waals surface area contributed by atoms with Crippen LogP contribution < -0.4 is 25.0 Å². The molecule has 37 heavy (non-hydrogen) atoms. The number of amides is 2. The van der Waals surface area contributed by atoms with Crippen molar-refractivity contribution in [3.05, 3.63) is 65.9 Å². The molecule has 192 valence electrons. The minimum atomic E-state index is -0.273. The number of carbonyl (C=O) groups is 2. The third kappa shape index (κ3) is 5.22. The first-order valence-electron chi connectivity index (χ1n) is 12.5. The van der Waals surface area contributed by atoms with E-state index in [2.05, 4.69) is 15.6 Å². The van der Waals surface area contributed by atoms with Gasteiger partial charge in [-0.15, -0.1) is 0 Å². The fourth-order valence-corrected chi connectivity index (χ4v) is 4.64. The molecule has 0 spiro atoms. The van der Waals surface area contributed by atoms with Crippen LogP contribution in [0.1, 0.15) is 53.3 Å². The van der Waals surface area contributed by atoms with Crippen molar-refractivity contribution in [2.75, 3.05) is 23.9 Å². The SMILES string of the molecule is CCOc1cc(C(=O)NC2CCC(O)CC2)ccc1Nc1cc2c(cn1)N(C)C(=O)c1ccccc1O2. The molecule has 9 heteroatoms. The maximum atomic E-state index is 12.9. The van der Waals surface area contributed by atoms with E-state index in [-0.39, 0.29) is 24.0 Å². The number of hydrogen-bond donors (Lipinski definition) is 3. The van der Waals surface area contributed by atoms with E-state index < -0.39 is 0 Å². The van der Waals surface area contributed by atoms with E-state index in [0.717, 1.165) is 12.8 Å². The van der Waals surface area contributed by atoms with Crippen molar-refractivity contribution in [2.24, 2.45) is 0 Å². The Morgan fingerprint density at radius 3 is 2.70 bits per heavy atom. The molecule has 0 atom stereocenters. The van der Waals surface area contributed by atoms with Gasteiger partial charge in [-0.1, -0.05) is 12.1 Å². The lowest BCUT2D eigenvalue weighted by molar-refractivity contribution is 0.0867. The molecule has 1 fully saturated rings. The van der Waals surface area contributed by atoms with Gasteiger partial charge < -0.3 is 30.1 Å². The highest BCUT2D eigenvalue weighted by Crippen LogP contribution is 2.40. The minimum Gasteiger partial charge on any atom is -0.492 e. The van der Waals surface area contributed by atoms with Gasteiger partial charge in [0.15, 0.2) is 5.75 Å². The maximum absolute atomic E-state index is 12.9. The van der Waals surface area contributed by atoms with Crippen molar-refractivity contribution in [1.29, 1.82) is 0 Å². The smallest absolute Gasteiger partial charge is 0.261 e. The summed E-state index contributed by atoms with van der Waals surface area (Å²) >= 11 is 0. The summed E-state index contributed by atoms with van der Waals surface area (Å²) < 4.78 is 11.9. The summed E-state index contributed by atoms with van der Waals surface area (Å²) in [5.74, 6) is 1.64. The van der Waals surface area contributed by atoms with Crippen LogP contribution in [0.3, 0.4) is 0 Å². The number of hydrogen-bond acceptors (Lipinski definition) is 7. The van der Waals surface area contributed by atoms with E-state index in [1.807, 2.05) is 13.0 Å².